The molecule has 1 aliphatic heterocycles. The fourth-order valence-electron chi connectivity index (χ4n) is 5.14. The number of anilines is 1. The van der Waals surface area contributed by atoms with Gasteiger partial charge in [0.05, 0.1) is 18.8 Å². The molecule has 238 valence electrons. The summed E-state index contributed by atoms with van der Waals surface area (Å²) in [7, 11) is 0. The standard InChI is InChI=1S/C37H38N2O6S/c1-3-18-43-37(42)38-22-27-6-4-7-29(19-27)30-8-5-9-31(20-30)36-44-33(21-35(45-36)28-12-10-26(23-40)11-13-28)24-46-34-16-14-32(15-17-34)39-25(2)41/h3-17,19-20,33,35-36,40H,1,18,21-24H2,2H3,(H,38,42)(H,39,41)/t33-,35+,36+/m1/s1. The smallest absolute Gasteiger partial charge is 0.407 e. The number of carbonyl (C=O) groups excluding carboxylic acids is 2. The topological polar surface area (TPSA) is 106 Å². The lowest BCUT2D eigenvalue weighted by Crippen LogP contribution is -2.31. The molecule has 46 heavy (non-hydrogen) atoms. The zero-order valence-corrected chi connectivity index (χ0v) is 26.5. The highest BCUT2D eigenvalue weighted by atomic mass is 32.2. The number of thioether (sulfide) groups is 1. The largest absolute Gasteiger partial charge is 0.445 e. The Morgan fingerprint density at radius 2 is 1.67 bits per heavy atom. The molecule has 1 saturated heterocycles. The van der Waals surface area contributed by atoms with Crippen LogP contribution in [0.25, 0.3) is 11.1 Å². The Labute approximate surface area is 273 Å². The molecule has 0 bridgehead atoms. The quantitative estimate of drug-likeness (QED) is 0.109. The van der Waals surface area contributed by atoms with Gasteiger partial charge < -0.3 is 30.0 Å². The van der Waals surface area contributed by atoms with E-state index in [1.807, 2.05) is 91.0 Å². The van der Waals surface area contributed by atoms with Gasteiger partial charge in [-0.15, -0.1) is 11.8 Å². The summed E-state index contributed by atoms with van der Waals surface area (Å²) in [4.78, 5) is 24.3. The number of aliphatic hydroxyl groups excluding tert-OH is 1. The Bertz CT molecular complexity index is 1630. The van der Waals surface area contributed by atoms with E-state index < -0.39 is 12.4 Å². The number of ether oxygens (including phenoxy) is 3. The van der Waals surface area contributed by atoms with Crippen LogP contribution in [-0.4, -0.2) is 35.6 Å². The van der Waals surface area contributed by atoms with Crippen molar-refractivity contribution in [2.75, 3.05) is 17.7 Å². The van der Waals surface area contributed by atoms with Crippen molar-refractivity contribution in [2.24, 2.45) is 0 Å². The highest BCUT2D eigenvalue weighted by molar-refractivity contribution is 7.99. The lowest BCUT2D eigenvalue weighted by molar-refractivity contribution is -0.245. The molecule has 4 aromatic rings. The molecular weight excluding hydrogens is 600 g/mol. The molecule has 0 spiro atoms. The maximum absolute atomic E-state index is 11.9. The number of rotatable bonds is 12. The van der Waals surface area contributed by atoms with Gasteiger partial charge in [0.15, 0.2) is 6.29 Å². The molecule has 0 saturated carbocycles. The zero-order valence-electron chi connectivity index (χ0n) is 25.7. The predicted octanol–water partition coefficient (Wildman–Crippen LogP) is 7.55. The van der Waals surface area contributed by atoms with E-state index in [4.69, 9.17) is 14.2 Å². The van der Waals surface area contributed by atoms with Crippen LogP contribution in [0.2, 0.25) is 0 Å². The molecule has 0 unspecified atom stereocenters. The minimum Gasteiger partial charge on any atom is -0.445 e. The van der Waals surface area contributed by atoms with Crippen molar-refractivity contribution in [3.05, 3.63) is 132 Å². The van der Waals surface area contributed by atoms with Gasteiger partial charge >= 0.3 is 6.09 Å². The van der Waals surface area contributed by atoms with Gasteiger partial charge in [-0.25, -0.2) is 4.79 Å². The molecule has 3 atom stereocenters. The van der Waals surface area contributed by atoms with Crippen molar-refractivity contribution in [3.63, 3.8) is 0 Å². The van der Waals surface area contributed by atoms with E-state index in [9.17, 15) is 14.7 Å². The zero-order chi connectivity index (χ0) is 32.3. The molecule has 1 fully saturated rings. The van der Waals surface area contributed by atoms with Crippen LogP contribution in [0.3, 0.4) is 0 Å². The summed E-state index contributed by atoms with van der Waals surface area (Å²) in [5.74, 6) is 0.615. The Morgan fingerprint density at radius 3 is 2.39 bits per heavy atom. The van der Waals surface area contributed by atoms with Gasteiger partial charge in [0.25, 0.3) is 0 Å². The Hall–Kier alpha value is -4.41. The first-order valence-electron chi connectivity index (χ1n) is 15.1. The number of hydrogen-bond donors (Lipinski definition) is 3. The third-order valence-corrected chi connectivity index (χ3v) is 8.56. The molecule has 0 aliphatic carbocycles. The minimum atomic E-state index is -0.589. The Morgan fingerprint density at radius 1 is 0.935 bits per heavy atom. The maximum Gasteiger partial charge on any atom is 0.407 e. The fourth-order valence-corrected chi connectivity index (χ4v) is 6.06. The van der Waals surface area contributed by atoms with Gasteiger partial charge in [-0.05, 0) is 64.2 Å². The first-order valence-corrected chi connectivity index (χ1v) is 16.1. The van der Waals surface area contributed by atoms with Gasteiger partial charge in [0, 0.05) is 41.8 Å². The van der Waals surface area contributed by atoms with E-state index in [-0.39, 0.29) is 31.3 Å². The molecule has 8 nitrogen and oxygen atoms in total. The maximum atomic E-state index is 11.9. The summed E-state index contributed by atoms with van der Waals surface area (Å²) in [5, 5.41) is 15.1. The second-order valence-corrected chi connectivity index (χ2v) is 12.0. The van der Waals surface area contributed by atoms with E-state index in [2.05, 4.69) is 23.3 Å². The number of alkyl carbamates (subject to hydrolysis) is 1. The predicted molar refractivity (Wildman–Crippen MR) is 180 cm³/mol. The SMILES string of the molecule is C=CCOC(=O)NCc1cccc(-c2cccc([C@H]3O[C@@H](CSc4ccc(NC(C)=O)cc4)C[C@@H](c4ccc(CO)cc4)O3)c2)c1. The van der Waals surface area contributed by atoms with Crippen molar-refractivity contribution in [3.8, 4) is 11.1 Å². The van der Waals surface area contributed by atoms with Crippen LogP contribution in [0.4, 0.5) is 10.5 Å². The fraction of sp³-hybridized carbons (Fsp3) is 0.243. The summed E-state index contributed by atoms with van der Waals surface area (Å²) < 4.78 is 18.2. The summed E-state index contributed by atoms with van der Waals surface area (Å²) >= 11 is 1.70. The van der Waals surface area contributed by atoms with Crippen molar-refractivity contribution < 1.29 is 28.9 Å². The average Bonchev–Trinajstić information content (AvgIpc) is 3.09. The summed E-state index contributed by atoms with van der Waals surface area (Å²) in [6, 6.07) is 31.8. The highest BCUT2D eigenvalue weighted by Crippen LogP contribution is 2.40. The third-order valence-electron chi connectivity index (χ3n) is 7.41. The summed E-state index contributed by atoms with van der Waals surface area (Å²) in [6.45, 7) is 5.53. The molecule has 1 heterocycles. The first-order chi connectivity index (χ1) is 22.4. The number of nitrogens with one attached hydrogen (secondary N) is 2. The number of carbonyl (C=O) groups is 2. The van der Waals surface area contributed by atoms with Crippen LogP contribution in [0, 0.1) is 0 Å². The molecule has 0 aromatic heterocycles. The van der Waals surface area contributed by atoms with Crippen LogP contribution in [-0.2, 0) is 32.2 Å². The lowest BCUT2D eigenvalue weighted by atomic mass is 9.99. The van der Waals surface area contributed by atoms with Gasteiger partial charge in [-0.3, -0.25) is 4.79 Å². The van der Waals surface area contributed by atoms with Gasteiger partial charge in [-0.1, -0.05) is 73.3 Å². The second-order valence-electron chi connectivity index (χ2n) is 10.9. The average molecular weight is 639 g/mol. The van der Waals surface area contributed by atoms with Crippen LogP contribution in [0.15, 0.2) is 115 Å². The molecule has 0 radical (unpaired) electrons. The van der Waals surface area contributed by atoms with Crippen molar-refractivity contribution >= 4 is 29.4 Å². The molecule has 5 rings (SSSR count). The second kappa shape index (κ2) is 16.2. The Balaban J connectivity index is 1.32. The van der Waals surface area contributed by atoms with Crippen LogP contribution < -0.4 is 10.6 Å². The van der Waals surface area contributed by atoms with Crippen molar-refractivity contribution in [1.82, 2.24) is 5.32 Å². The van der Waals surface area contributed by atoms with Gasteiger partial charge in [0.1, 0.15) is 6.61 Å². The lowest BCUT2D eigenvalue weighted by Gasteiger charge is -2.36. The van der Waals surface area contributed by atoms with Gasteiger partial charge in [0.2, 0.25) is 5.91 Å². The monoisotopic (exact) mass is 638 g/mol. The molecule has 4 aromatic carbocycles. The van der Waals surface area contributed by atoms with E-state index in [0.717, 1.165) is 44.0 Å². The summed E-state index contributed by atoms with van der Waals surface area (Å²) in [6.07, 6.45) is 0.828. The Kier molecular flexibility index (Phi) is 11.6. The highest BCUT2D eigenvalue weighted by Gasteiger charge is 2.32. The number of amides is 2. The normalized spacial score (nSPS) is 17.6. The van der Waals surface area contributed by atoms with Gasteiger partial charge in [-0.2, -0.15) is 0 Å². The molecule has 1 aliphatic rings. The molecular formula is C37H38N2O6S. The molecule has 3 N–H and O–H groups in total. The van der Waals surface area contributed by atoms with Crippen molar-refractivity contribution in [1.29, 1.82) is 0 Å². The van der Waals surface area contributed by atoms with Crippen molar-refractivity contribution in [2.45, 2.75) is 49.9 Å². The van der Waals surface area contributed by atoms with Crippen LogP contribution in [0.5, 0.6) is 0 Å². The van der Waals surface area contributed by atoms with Crippen LogP contribution in [0.1, 0.15) is 48.0 Å². The third kappa shape index (κ3) is 9.31. The van der Waals surface area contributed by atoms with E-state index in [1.165, 1.54) is 13.0 Å². The first kappa shape index (κ1) is 33.0. The minimum absolute atomic E-state index is 0.0129. The van der Waals surface area contributed by atoms with E-state index in [1.54, 1.807) is 11.8 Å². The molecule has 9 heteroatoms. The number of benzene rings is 4. The number of hydrogen-bond acceptors (Lipinski definition) is 7. The van der Waals surface area contributed by atoms with E-state index in [0.29, 0.717) is 18.7 Å². The molecule has 2 amide bonds. The van der Waals surface area contributed by atoms with Crippen LogP contribution >= 0.6 is 11.8 Å². The van der Waals surface area contributed by atoms with E-state index >= 15 is 0 Å². The number of aliphatic hydroxyl groups is 1. The summed E-state index contributed by atoms with van der Waals surface area (Å²) in [5.41, 5.74) is 6.49.